The predicted octanol–water partition coefficient (Wildman–Crippen LogP) is 5.02. The Hall–Kier alpha value is -1.74. The van der Waals surface area contributed by atoms with Crippen molar-refractivity contribution < 1.29 is 9.18 Å². The molecule has 1 amide bonds. The molecule has 128 valence electrons. The van der Waals surface area contributed by atoms with E-state index in [2.05, 4.69) is 32.9 Å². The number of thiophene rings is 1. The first-order valence-corrected chi connectivity index (χ1v) is 9.92. The van der Waals surface area contributed by atoms with E-state index in [9.17, 15) is 9.18 Å². The normalized spacial score (nSPS) is 14.2. The van der Waals surface area contributed by atoms with Crippen molar-refractivity contribution in [2.24, 2.45) is 0 Å². The number of hydrogen-bond acceptors (Lipinski definition) is 4. The van der Waals surface area contributed by atoms with Crippen molar-refractivity contribution in [1.29, 1.82) is 0 Å². The molecule has 1 fully saturated rings. The maximum Gasteiger partial charge on any atom is 0.257 e. The SMILES string of the molecule is O=C(c1c(Nc2ccc(I)cc2F)sc2ncccc12)N1CCCC1. The molecule has 0 bridgehead atoms. The Morgan fingerprint density at radius 3 is 2.84 bits per heavy atom. The van der Waals surface area contributed by atoms with E-state index in [0.29, 0.717) is 16.3 Å². The second-order valence-electron chi connectivity index (χ2n) is 5.91. The third-order valence-corrected chi connectivity index (χ3v) is 5.95. The minimum absolute atomic E-state index is 0.00910. The molecule has 0 unspecified atom stereocenters. The zero-order chi connectivity index (χ0) is 17.4. The minimum atomic E-state index is -0.336. The van der Waals surface area contributed by atoms with Crippen molar-refractivity contribution >= 4 is 60.7 Å². The molecule has 3 heterocycles. The summed E-state index contributed by atoms with van der Waals surface area (Å²) in [6.07, 6.45) is 3.76. The van der Waals surface area contributed by atoms with Gasteiger partial charge in [-0.05, 0) is 65.8 Å². The largest absolute Gasteiger partial charge is 0.344 e. The predicted molar refractivity (Wildman–Crippen MR) is 107 cm³/mol. The van der Waals surface area contributed by atoms with Gasteiger partial charge in [-0.2, -0.15) is 0 Å². The van der Waals surface area contributed by atoms with E-state index in [-0.39, 0.29) is 11.7 Å². The highest BCUT2D eigenvalue weighted by Gasteiger charge is 2.26. The van der Waals surface area contributed by atoms with Gasteiger partial charge in [0.1, 0.15) is 15.6 Å². The fraction of sp³-hybridized carbons (Fsp3) is 0.222. The number of nitrogens with zero attached hydrogens (tertiary/aromatic N) is 2. The lowest BCUT2D eigenvalue weighted by Gasteiger charge is -2.16. The molecule has 25 heavy (non-hydrogen) atoms. The van der Waals surface area contributed by atoms with Crippen LogP contribution in [0.3, 0.4) is 0 Å². The van der Waals surface area contributed by atoms with E-state index < -0.39 is 0 Å². The molecular weight excluding hydrogens is 452 g/mol. The number of amides is 1. The summed E-state index contributed by atoms with van der Waals surface area (Å²) in [5.74, 6) is -0.345. The van der Waals surface area contributed by atoms with Crippen LogP contribution in [0, 0.1) is 9.39 Å². The first-order valence-electron chi connectivity index (χ1n) is 8.02. The second-order valence-corrected chi connectivity index (χ2v) is 8.16. The van der Waals surface area contributed by atoms with Crippen LogP contribution < -0.4 is 5.32 Å². The Labute approximate surface area is 162 Å². The number of benzene rings is 1. The Kier molecular flexibility index (Phi) is 4.60. The van der Waals surface area contributed by atoms with Crippen LogP contribution in [0.1, 0.15) is 23.2 Å². The van der Waals surface area contributed by atoms with E-state index in [1.54, 1.807) is 12.3 Å². The topological polar surface area (TPSA) is 45.2 Å². The van der Waals surface area contributed by atoms with E-state index in [1.807, 2.05) is 23.1 Å². The van der Waals surface area contributed by atoms with E-state index in [1.165, 1.54) is 17.4 Å². The van der Waals surface area contributed by atoms with Crippen LogP contribution in [0.4, 0.5) is 15.1 Å². The number of carbonyl (C=O) groups is 1. The highest BCUT2D eigenvalue weighted by Crippen LogP contribution is 2.38. The fourth-order valence-electron chi connectivity index (χ4n) is 3.02. The molecule has 4 rings (SSSR count). The standard InChI is InChI=1S/C18H15FIN3OS/c19-13-10-11(20)5-6-14(13)22-17-15(18(24)23-8-1-2-9-23)12-4-3-7-21-16(12)25-17/h3-7,10,22H,1-2,8-9H2. The van der Waals surface area contributed by atoms with Gasteiger partial charge in [-0.15, -0.1) is 0 Å². The summed E-state index contributed by atoms with van der Waals surface area (Å²) >= 11 is 3.45. The van der Waals surface area contributed by atoms with Gasteiger partial charge in [0.15, 0.2) is 0 Å². The van der Waals surface area contributed by atoms with Gasteiger partial charge in [0, 0.05) is 28.2 Å². The smallest absolute Gasteiger partial charge is 0.257 e. The van der Waals surface area contributed by atoms with Crippen molar-refractivity contribution in [3.63, 3.8) is 0 Å². The molecule has 1 aliphatic rings. The monoisotopic (exact) mass is 467 g/mol. The van der Waals surface area contributed by atoms with Crippen LogP contribution in [0.15, 0.2) is 36.5 Å². The molecule has 1 aliphatic heterocycles. The van der Waals surface area contributed by atoms with Gasteiger partial charge in [-0.1, -0.05) is 11.3 Å². The Morgan fingerprint density at radius 2 is 2.08 bits per heavy atom. The van der Waals surface area contributed by atoms with Gasteiger partial charge in [0.2, 0.25) is 0 Å². The molecule has 0 spiro atoms. The van der Waals surface area contributed by atoms with Crippen molar-refractivity contribution in [3.8, 4) is 0 Å². The summed E-state index contributed by atoms with van der Waals surface area (Å²) in [7, 11) is 0. The average Bonchev–Trinajstić information content (AvgIpc) is 3.24. The first-order chi connectivity index (χ1) is 12.1. The first kappa shape index (κ1) is 16.7. The lowest BCUT2D eigenvalue weighted by atomic mass is 10.1. The summed E-state index contributed by atoms with van der Waals surface area (Å²) < 4.78 is 15.1. The summed E-state index contributed by atoms with van der Waals surface area (Å²) in [4.78, 5) is 20.0. The number of rotatable bonds is 3. The van der Waals surface area contributed by atoms with Gasteiger partial charge >= 0.3 is 0 Å². The average molecular weight is 467 g/mol. The van der Waals surface area contributed by atoms with Crippen molar-refractivity contribution in [1.82, 2.24) is 9.88 Å². The van der Waals surface area contributed by atoms with E-state index in [0.717, 1.165) is 39.7 Å². The number of fused-ring (bicyclic) bond motifs is 1. The zero-order valence-corrected chi connectivity index (χ0v) is 16.2. The summed E-state index contributed by atoms with van der Waals surface area (Å²) in [6, 6.07) is 8.72. The van der Waals surface area contributed by atoms with Crippen LogP contribution in [0.2, 0.25) is 0 Å². The molecular formula is C18H15FIN3OS. The molecule has 1 saturated heterocycles. The van der Waals surface area contributed by atoms with Crippen molar-refractivity contribution in [2.45, 2.75) is 12.8 Å². The molecule has 0 saturated carbocycles. The molecule has 7 heteroatoms. The van der Waals surface area contributed by atoms with Crippen LogP contribution in [0.5, 0.6) is 0 Å². The third kappa shape index (κ3) is 3.22. The lowest BCUT2D eigenvalue weighted by Crippen LogP contribution is -2.27. The molecule has 0 aliphatic carbocycles. The summed E-state index contributed by atoms with van der Waals surface area (Å²) in [5, 5.41) is 4.58. The quantitative estimate of drug-likeness (QED) is 0.551. The number of aromatic nitrogens is 1. The van der Waals surface area contributed by atoms with Crippen LogP contribution in [-0.2, 0) is 0 Å². The third-order valence-electron chi connectivity index (χ3n) is 4.25. The summed E-state index contributed by atoms with van der Waals surface area (Å²) in [5.41, 5.74) is 0.954. The van der Waals surface area contributed by atoms with E-state index in [4.69, 9.17) is 0 Å². The zero-order valence-electron chi connectivity index (χ0n) is 13.3. The molecule has 4 nitrogen and oxygen atoms in total. The highest BCUT2D eigenvalue weighted by molar-refractivity contribution is 14.1. The number of likely N-dealkylation sites (tertiary alicyclic amines) is 1. The lowest BCUT2D eigenvalue weighted by molar-refractivity contribution is 0.0796. The molecule has 3 aromatic rings. The molecule has 1 aromatic carbocycles. The maximum atomic E-state index is 14.3. The summed E-state index contributed by atoms with van der Waals surface area (Å²) in [6.45, 7) is 1.54. The number of halogens is 2. The number of hydrogen-bond donors (Lipinski definition) is 1. The van der Waals surface area contributed by atoms with Gasteiger partial charge in [-0.3, -0.25) is 4.79 Å². The van der Waals surface area contributed by atoms with Gasteiger partial charge in [0.25, 0.3) is 5.91 Å². The fourth-order valence-corrected chi connectivity index (χ4v) is 4.52. The number of anilines is 2. The van der Waals surface area contributed by atoms with Crippen molar-refractivity contribution in [2.75, 3.05) is 18.4 Å². The van der Waals surface area contributed by atoms with Gasteiger partial charge in [-0.25, -0.2) is 9.37 Å². The van der Waals surface area contributed by atoms with Gasteiger partial charge in [0.05, 0.1) is 11.3 Å². The highest BCUT2D eigenvalue weighted by atomic mass is 127. The molecule has 2 aromatic heterocycles. The Balaban J connectivity index is 1.79. The van der Waals surface area contributed by atoms with Gasteiger partial charge < -0.3 is 10.2 Å². The number of pyridine rings is 1. The molecule has 0 radical (unpaired) electrons. The second kappa shape index (κ2) is 6.87. The number of nitrogens with one attached hydrogen (secondary N) is 1. The maximum absolute atomic E-state index is 14.3. The Bertz CT molecular complexity index is 953. The minimum Gasteiger partial charge on any atom is -0.344 e. The van der Waals surface area contributed by atoms with Crippen LogP contribution >= 0.6 is 33.9 Å². The molecule has 1 N–H and O–H groups in total. The van der Waals surface area contributed by atoms with Crippen molar-refractivity contribution in [3.05, 3.63) is 51.5 Å². The molecule has 0 atom stereocenters. The number of carbonyl (C=O) groups excluding carboxylic acids is 1. The van der Waals surface area contributed by atoms with Crippen LogP contribution in [0.25, 0.3) is 10.2 Å². The Morgan fingerprint density at radius 1 is 1.28 bits per heavy atom. The van der Waals surface area contributed by atoms with Crippen LogP contribution in [-0.4, -0.2) is 28.9 Å². The van der Waals surface area contributed by atoms with E-state index >= 15 is 0 Å².